The summed E-state index contributed by atoms with van der Waals surface area (Å²) in [5, 5.41) is 13.3. The van der Waals surface area contributed by atoms with E-state index in [0.717, 1.165) is 31.2 Å². The van der Waals surface area contributed by atoms with Crippen LogP contribution in [-0.2, 0) is 5.54 Å². The summed E-state index contributed by atoms with van der Waals surface area (Å²) < 4.78 is 18.3. The number of urea groups is 1. The summed E-state index contributed by atoms with van der Waals surface area (Å²) in [5.41, 5.74) is 0.875. The van der Waals surface area contributed by atoms with Crippen molar-refractivity contribution in [2.24, 2.45) is 0 Å². The van der Waals surface area contributed by atoms with E-state index in [1.54, 1.807) is 18.2 Å². The molecule has 0 unspecified atom stereocenters. The van der Waals surface area contributed by atoms with E-state index >= 15 is 0 Å². The van der Waals surface area contributed by atoms with Crippen molar-refractivity contribution in [2.45, 2.75) is 31.2 Å². The molecule has 0 radical (unpaired) electrons. The molecule has 1 fully saturated rings. The second-order valence-electron chi connectivity index (χ2n) is 5.83. The first-order valence-electron chi connectivity index (χ1n) is 7.84. The maximum atomic E-state index is 13.2. The van der Waals surface area contributed by atoms with Crippen molar-refractivity contribution in [1.29, 1.82) is 0 Å². The zero-order valence-corrected chi connectivity index (χ0v) is 13.4. The largest absolute Gasteiger partial charge is 0.478 e. The predicted molar refractivity (Wildman–Crippen MR) is 87.3 cm³/mol. The average molecular weight is 330 g/mol. The first-order valence-corrected chi connectivity index (χ1v) is 7.84. The van der Waals surface area contributed by atoms with Crippen LogP contribution in [0.25, 0.3) is 0 Å². The summed E-state index contributed by atoms with van der Waals surface area (Å²) in [6.07, 6.45) is 5.13. The lowest BCUT2D eigenvalue weighted by Gasteiger charge is -2.31. The topological polar surface area (TPSA) is 76.1 Å². The summed E-state index contributed by atoms with van der Waals surface area (Å²) in [5.74, 6) is -0.0427. The van der Waals surface area contributed by atoms with E-state index in [4.69, 9.17) is 4.74 Å². The molecule has 1 heterocycles. The Morgan fingerprint density at radius 3 is 2.58 bits per heavy atom. The summed E-state index contributed by atoms with van der Waals surface area (Å²) in [7, 11) is 1.46. The molecule has 2 N–H and O–H groups in total. The predicted octanol–water partition coefficient (Wildman–Crippen LogP) is 3.22. The van der Waals surface area contributed by atoms with Gasteiger partial charge in [-0.1, -0.05) is 25.0 Å². The summed E-state index contributed by atoms with van der Waals surface area (Å²) in [4.78, 5) is 12.5. The maximum Gasteiger partial charge on any atom is 0.320 e. The van der Waals surface area contributed by atoms with E-state index in [2.05, 4.69) is 20.8 Å². The van der Waals surface area contributed by atoms with Gasteiger partial charge < -0.3 is 15.4 Å². The van der Waals surface area contributed by atoms with Crippen LogP contribution in [0.2, 0.25) is 0 Å². The number of amides is 2. The van der Waals surface area contributed by atoms with Crippen molar-refractivity contribution in [3.05, 3.63) is 47.9 Å². The van der Waals surface area contributed by atoms with Gasteiger partial charge in [-0.3, -0.25) is 0 Å². The fraction of sp³-hybridized carbons (Fsp3) is 0.353. The Balaban J connectivity index is 1.78. The smallest absolute Gasteiger partial charge is 0.320 e. The lowest BCUT2D eigenvalue weighted by atomic mass is 9.88. The van der Waals surface area contributed by atoms with Gasteiger partial charge in [0.1, 0.15) is 11.5 Å². The Labute approximate surface area is 139 Å². The van der Waals surface area contributed by atoms with Crippen molar-refractivity contribution in [2.75, 3.05) is 12.4 Å². The normalized spacial score (nSPS) is 15.8. The summed E-state index contributed by atoms with van der Waals surface area (Å²) >= 11 is 0. The number of aromatic nitrogens is 2. The summed E-state index contributed by atoms with van der Waals surface area (Å²) in [6.45, 7) is 0. The molecule has 0 spiro atoms. The Kier molecular flexibility index (Phi) is 4.59. The minimum atomic E-state index is -0.481. The van der Waals surface area contributed by atoms with Gasteiger partial charge in [-0.2, -0.15) is 5.10 Å². The highest BCUT2D eigenvalue weighted by Gasteiger charge is 2.37. The minimum absolute atomic E-state index is 0.245. The van der Waals surface area contributed by atoms with Crippen LogP contribution in [0, 0.1) is 5.82 Å². The summed E-state index contributed by atoms with van der Waals surface area (Å²) in [6, 6.07) is 7.57. The van der Waals surface area contributed by atoms with Gasteiger partial charge in [0.25, 0.3) is 5.88 Å². The number of ether oxygens (including phenoxy) is 1. The lowest BCUT2D eigenvalue weighted by Crippen LogP contribution is -2.45. The number of nitrogens with zero attached hydrogens (tertiary/aromatic N) is 2. The van der Waals surface area contributed by atoms with Crippen LogP contribution in [-0.4, -0.2) is 23.3 Å². The Morgan fingerprint density at radius 2 is 1.92 bits per heavy atom. The third-order valence-electron chi connectivity index (χ3n) is 4.34. The van der Waals surface area contributed by atoms with Crippen LogP contribution < -0.4 is 15.4 Å². The molecule has 6 nitrogen and oxygen atoms in total. The molecule has 3 rings (SSSR count). The first-order chi connectivity index (χ1) is 11.6. The number of methoxy groups -OCH3 is 1. The van der Waals surface area contributed by atoms with Crippen molar-refractivity contribution in [1.82, 2.24) is 15.5 Å². The number of nitrogens with one attached hydrogen (secondary N) is 2. The van der Waals surface area contributed by atoms with Gasteiger partial charge in [-0.25, -0.2) is 9.18 Å². The van der Waals surface area contributed by atoms with Crippen LogP contribution in [0.5, 0.6) is 5.88 Å². The monoisotopic (exact) mass is 330 g/mol. The SMILES string of the molecule is COc1nnccc1NC(=O)NC1(c2ccc(F)cc2)CCCC1. The van der Waals surface area contributed by atoms with E-state index in [1.165, 1.54) is 25.4 Å². The molecule has 0 bridgehead atoms. The Morgan fingerprint density at radius 1 is 1.21 bits per heavy atom. The van der Waals surface area contributed by atoms with E-state index in [9.17, 15) is 9.18 Å². The van der Waals surface area contributed by atoms with Crippen molar-refractivity contribution < 1.29 is 13.9 Å². The standard InChI is InChI=1S/C17H19FN4O2/c1-24-15-14(8-11-19-22-15)20-16(23)21-17(9-2-3-10-17)12-4-6-13(18)7-5-12/h4-8,11H,2-3,9-10H2,1H3,(H2,19,20,21,23). The highest BCUT2D eigenvalue weighted by atomic mass is 19.1. The molecule has 1 aromatic heterocycles. The zero-order chi connectivity index (χ0) is 17.0. The fourth-order valence-electron chi connectivity index (χ4n) is 3.17. The molecule has 7 heteroatoms. The average Bonchev–Trinajstić information content (AvgIpc) is 3.05. The second-order valence-corrected chi connectivity index (χ2v) is 5.83. The highest BCUT2D eigenvalue weighted by molar-refractivity contribution is 5.91. The molecule has 0 aliphatic heterocycles. The number of carbonyl (C=O) groups excluding carboxylic acids is 1. The molecule has 126 valence electrons. The van der Waals surface area contributed by atoms with Gasteiger partial charge in [0.15, 0.2) is 0 Å². The van der Waals surface area contributed by atoms with Gasteiger partial charge >= 0.3 is 6.03 Å². The van der Waals surface area contributed by atoms with Crippen LogP contribution >= 0.6 is 0 Å². The van der Waals surface area contributed by atoms with Crippen LogP contribution in [0.3, 0.4) is 0 Å². The molecular weight excluding hydrogens is 311 g/mol. The highest BCUT2D eigenvalue weighted by Crippen LogP contribution is 2.39. The molecule has 24 heavy (non-hydrogen) atoms. The number of hydrogen-bond donors (Lipinski definition) is 2. The molecule has 1 aliphatic rings. The molecular formula is C17H19FN4O2. The molecule has 1 saturated carbocycles. The second kappa shape index (κ2) is 6.82. The third kappa shape index (κ3) is 3.29. The van der Waals surface area contributed by atoms with Gasteiger partial charge in [0, 0.05) is 0 Å². The number of anilines is 1. The van der Waals surface area contributed by atoms with Crippen LogP contribution in [0.1, 0.15) is 31.2 Å². The van der Waals surface area contributed by atoms with Gasteiger partial charge in [-0.15, -0.1) is 5.10 Å². The number of hydrogen-bond acceptors (Lipinski definition) is 4. The van der Waals surface area contributed by atoms with E-state index in [0.29, 0.717) is 5.69 Å². The molecule has 0 saturated heterocycles. The Bertz CT molecular complexity index is 715. The minimum Gasteiger partial charge on any atom is -0.478 e. The van der Waals surface area contributed by atoms with E-state index < -0.39 is 5.54 Å². The van der Waals surface area contributed by atoms with Crippen molar-refractivity contribution in [3.63, 3.8) is 0 Å². The quantitative estimate of drug-likeness (QED) is 0.902. The van der Waals surface area contributed by atoms with Crippen molar-refractivity contribution in [3.8, 4) is 5.88 Å². The zero-order valence-electron chi connectivity index (χ0n) is 13.4. The van der Waals surface area contributed by atoms with E-state index in [1.807, 2.05) is 0 Å². The van der Waals surface area contributed by atoms with Crippen LogP contribution in [0.15, 0.2) is 36.5 Å². The molecule has 0 atom stereocenters. The molecule has 2 amide bonds. The third-order valence-corrected chi connectivity index (χ3v) is 4.34. The number of carbonyl (C=O) groups is 1. The number of rotatable bonds is 4. The van der Waals surface area contributed by atoms with Gasteiger partial charge in [-0.05, 0) is 36.6 Å². The van der Waals surface area contributed by atoms with Gasteiger partial charge in [0.2, 0.25) is 0 Å². The maximum absolute atomic E-state index is 13.2. The molecule has 2 aromatic rings. The van der Waals surface area contributed by atoms with Gasteiger partial charge in [0.05, 0.1) is 18.8 Å². The molecule has 1 aromatic carbocycles. The van der Waals surface area contributed by atoms with Crippen molar-refractivity contribution >= 4 is 11.7 Å². The first kappa shape index (κ1) is 16.2. The fourth-order valence-corrected chi connectivity index (χ4v) is 3.17. The number of halogens is 1. The molecule has 1 aliphatic carbocycles. The Hall–Kier alpha value is -2.70. The van der Waals surface area contributed by atoms with E-state index in [-0.39, 0.29) is 17.7 Å². The lowest BCUT2D eigenvalue weighted by molar-refractivity contribution is 0.236. The number of benzene rings is 1. The van der Waals surface area contributed by atoms with Crippen LogP contribution in [0.4, 0.5) is 14.9 Å².